The van der Waals surface area contributed by atoms with Gasteiger partial charge in [0.1, 0.15) is 0 Å². The van der Waals surface area contributed by atoms with Gasteiger partial charge in [-0.2, -0.15) is 5.26 Å². The number of nitriles is 1. The number of hydrogen-bond acceptors (Lipinski definition) is 2. The average Bonchev–Trinajstić information content (AvgIpc) is 2.12. The molecule has 74 valence electrons. The summed E-state index contributed by atoms with van der Waals surface area (Å²) in [5, 5.41) is 11.6. The van der Waals surface area contributed by atoms with Crippen LogP contribution in [0.2, 0.25) is 0 Å². The zero-order valence-corrected chi connectivity index (χ0v) is 8.97. The quantitative estimate of drug-likeness (QED) is 0.254. The Balaban J connectivity index is 0.00000196. The van der Waals surface area contributed by atoms with Gasteiger partial charge in [-0.3, -0.25) is 0 Å². The summed E-state index contributed by atoms with van der Waals surface area (Å²) in [6.45, 7) is 3.98. The van der Waals surface area contributed by atoms with E-state index in [2.05, 4.69) is 22.9 Å². The maximum absolute atomic E-state index is 8.33. The molecule has 0 fully saturated rings. The number of para-hydroxylation sites is 1. The molecule has 0 saturated heterocycles. The molecule has 0 spiro atoms. The van der Waals surface area contributed by atoms with E-state index in [-0.39, 0.29) is 29.6 Å². The van der Waals surface area contributed by atoms with Crippen LogP contribution in [-0.2, 0) is 0 Å². The molecule has 0 aliphatic rings. The molecule has 0 aliphatic carbocycles. The van der Waals surface area contributed by atoms with Crippen molar-refractivity contribution >= 4 is 53.0 Å². The third-order valence-electron chi connectivity index (χ3n) is 1.87. The first-order valence-corrected chi connectivity index (χ1v) is 4.59. The Hall–Kier alpha value is -0.470. The fourth-order valence-electron chi connectivity index (χ4n) is 1.20. The zero-order valence-electron chi connectivity index (χ0n) is 8.07. The third-order valence-corrected chi connectivity index (χ3v) is 2.09. The number of nitrogens with one attached hydrogen (secondary N) is 1. The normalized spacial score (nSPS) is 10.1. The minimum absolute atomic E-state index is 0. The van der Waals surface area contributed by atoms with E-state index in [4.69, 9.17) is 5.26 Å². The van der Waals surface area contributed by atoms with Crippen LogP contribution in [0.15, 0.2) is 23.2 Å². The van der Waals surface area contributed by atoms with Gasteiger partial charge in [0, 0.05) is 5.69 Å². The van der Waals surface area contributed by atoms with Crippen LogP contribution in [0.25, 0.3) is 0 Å². The van der Waals surface area contributed by atoms with Crippen molar-refractivity contribution in [3.05, 3.63) is 29.3 Å². The number of aryl methyl sites for hydroxylation is 2. The standard InChI is InChI=1S/C10H11N3S.Na.H/c1-7-4-3-5-8(2)9(7)13-10(14)12-6-11;;/h3-5H,1-2H3,(H2,12,13,14);;. The number of rotatable bonds is 1. The van der Waals surface area contributed by atoms with Crippen LogP contribution >= 0.6 is 12.6 Å². The van der Waals surface area contributed by atoms with E-state index in [0.717, 1.165) is 16.8 Å². The van der Waals surface area contributed by atoms with E-state index < -0.39 is 0 Å². The summed E-state index contributed by atoms with van der Waals surface area (Å²) >= 11 is 4.03. The SMILES string of the molecule is Cc1cccc(C)c1NC(S)=NC#N.[NaH]. The topological polar surface area (TPSA) is 48.2 Å². The first-order chi connectivity index (χ1) is 6.65. The number of nitrogens with zero attached hydrogens (tertiary/aromatic N) is 2. The molecule has 0 radical (unpaired) electrons. The van der Waals surface area contributed by atoms with E-state index in [1.807, 2.05) is 32.0 Å². The van der Waals surface area contributed by atoms with Crippen LogP contribution in [0.4, 0.5) is 5.69 Å². The maximum atomic E-state index is 8.33. The minimum atomic E-state index is 0. The Bertz CT molecular complexity index is 389. The molecule has 1 aromatic carbocycles. The Morgan fingerprint density at radius 1 is 1.40 bits per heavy atom. The number of aliphatic imine (C=N–C) groups is 1. The van der Waals surface area contributed by atoms with Gasteiger partial charge < -0.3 is 5.32 Å². The first kappa shape index (κ1) is 14.5. The van der Waals surface area contributed by atoms with Gasteiger partial charge in [-0.05, 0) is 25.0 Å². The number of benzene rings is 1. The van der Waals surface area contributed by atoms with Crippen LogP contribution in [0.1, 0.15) is 11.1 Å². The number of hydrogen-bond donors (Lipinski definition) is 2. The summed E-state index contributed by atoms with van der Waals surface area (Å²) in [4.78, 5) is 3.48. The molecule has 0 saturated carbocycles. The number of amidine groups is 1. The number of thiol groups is 1. The third kappa shape index (κ3) is 4.27. The van der Waals surface area contributed by atoms with Crippen LogP contribution in [0.3, 0.4) is 0 Å². The molecular formula is C10H12N3NaS. The predicted molar refractivity (Wildman–Crippen MR) is 68.7 cm³/mol. The second kappa shape index (κ2) is 6.91. The van der Waals surface area contributed by atoms with Crippen LogP contribution in [-0.4, -0.2) is 34.7 Å². The van der Waals surface area contributed by atoms with Crippen molar-refractivity contribution in [1.82, 2.24) is 0 Å². The van der Waals surface area contributed by atoms with Gasteiger partial charge >= 0.3 is 29.6 Å². The fourth-order valence-corrected chi connectivity index (χ4v) is 1.36. The molecule has 1 aromatic rings. The van der Waals surface area contributed by atoms with Gasteiger partial charge in [-0.1, -0.05) is 18.2 Å². The first-order valence-electron chi connectivity index (χ1n) is 4.14. The van der Waals surface area contributed by atoms with Crippen LogP contribution < -0.4 is 5.32 Å². The molecule has 0 aromatic heterocycles. The molecule has 1 N–H and O–H groups in total. The van der Waals surface area contributed by atoms with Gasteiger partial charge in [0.25, 0.3) is 0 Å². The molecule has 0 aliphatic heterocycles. The summed E-state index contributed by atoms with van der Waals surface area (Å²) in [5.74, 6) is 0. The Kier molecular flexibility index (Phi) is 6.70. The number of anilines is 1. The van der Waals surface area contributed by atoms with Crippen molar-refractivity contribution < 1.29 is 0 Å². The Labute approximate surface area is 117 Å². The van der Waals surface area contributed by atoms with Gasteiger partial charge in [-0.15, -0.1) is 17.6 Å². The summed E-state index contributed by atoms with van der Waals surface area (Å²) in [6, 6.07) is 5.96. The van der Waals surface area contributed by atoms with Crippen molar-refractivity contribution in [3.8, 4) is 6.19 Å². The van der Waals surface area contributed by atoms with E-state index in [1.54, 1.807) is 6.19 Å². The van der Waals surface area contributed by atoms with E-state index in [1.165, 1.54) is 0 Å². The van der Waals surface area contributed by atoms with Gasteiger partial charge in [0.05, 0.1) is 0 Å². The molecule has 3 nitrogen and oxygen atoms in total. The van der Waals surface area contributed by atoms with E-state index in [9.17, 15) is 0 Å². The molecule has 1 rings (SSSR count). The zero-order chi connectivity index (χ0) is 10.6. The second-order valence-electron chi connectivity index (χ2n) is 2.93. The van der Waals surface area contributed by atoms with E-state index >= 15 is 0 Å². The molecule has 0 heterocycles. The Morgan fingerprint density at radius 2 is 1.93 bits per heavy atom. The Morgan fingerprint density at radius 3 is 2.40 bits per heavy atom. The summed E-state index contributed by atoms with van der Waals surface area (Å²) in [6.07, 6.45) is 1.68. The van der Waals surface area contributed by atoms with Crippen molar-refractivity contribution in [2.75, 3.05) is 5.32 Å². The molecule has 15 heavy (non-hydrogen) atoms. The predicted octanol–water partition coefficient (Wildman–Crippen LogP) is 1.83. The van der Waals surface area contributed by atoms with Crippen molar-refractivity contribution in [1.29, 1.82) is 5.26 Å². The summed E-state index contributed by atoms with van der Waals surface area (Å²) in [7, 11) is 0. The van der Waals surface area contributed by atoms with Gasteiger partial charge in [0.15, 0.2) is 5.17 Å². The fraction of sp³-hybridized carbons (Fsp3) is 0.200. The summed E-state index contributed by atoms with van der Waals surface area (Å²) in [5.41, 5.74) is 3.16. The molecule has 5 heteroatoms. The molecule has 0 unspecified atom stereocenters. The average molecular weight is 229 g/mol. The molecule has 0 atom stereocenters. The molecule has 0 amide bonds. The van der Waals surface area contributed by atoms with Crippen molar-refractivity contribution in [2.24, 2.45) is 4.99 Å². The van der Waals surface area contributed by atoms with Gasteiger partial charge in [0.2, 0.25) is 6.19 Å². The van der Waals surface area contributed by atoms with Crippen LogP contribution in [0, 0.1) is 25.3 Å². The van der Waals surface area contributed by atoms with Gasteiger partial charge in [-0.25, -0.2) is 0 Å². The van der Waals surface area contributed by atoms with Crippen LogP contribution in [0.5, 0.6) is 0 Å². The van der Waals surface area contributed by atoms with Crippen molar-refractivity contribution in [3.63, 3.8) is 0 Å². The van der Waals surface area contributed by atoms with Crippen molar-refractivity contribution in [2.45, 2.75) is 13.8 Å². The second-order valence-corrected chi connectivity index (χ2v) is 3.35. The molecule has 0 bridgehead atoms. The monoisotopic (exact) mass is 229 g/mol. The summed E-state index contributed by atoms with van der Waals surface area (Å²) < 4.78 is 0. The molecular weight excluding hydrogens is 217 g/mol. The van der Waals surface area contributed by atoms with E-state index in [0.29, 0.717) is 5.17 Å².